The monoisotopic (exact) mass is 212 g/mol. The molecule has 0 bridgehead atoms. The summed E-state index contributed by atoms with van der Waals surface area (Å²) in [7, 11) is 0. The summed E-state index contributed by atoms with van der Waals surface area (Å²) in [4.78, 5) is 17.9. The molecular weight excluding hydrogens is 200 g/mol. The summed E-state index contributed by atoms with van der Waals surface area (Å²) in [6, 6.07) is -0.481. The van der Waals surface area contributed by atoms with Crippen LogP contribution in [0.1, 0.15) is 23.8 Å². The number of carbonyl (C=O) groups is 1. The predicted molar refractivity (Wildman–Crippen MR) is 53.3 cm³/mol. The third kappa shape index (κ3) is 1.78. The van der Waals surface area contributed by atoms with Crippen LogP contribution in [0.15, 0.2) is 11.7 Å². The first-order chi connectivity index (χ1) is 6.79. The van der Waals surface area contributed by atoms with Crippen LogP contribution in [0.3, 0.4) is 0 Å². The van der Waals surface area contributed by atoms with Crippen molar-refractivity contribution in [2.75, 3.05) is 13.1 Å². The van der Waals surface area contributed by atoms with Crippen molar-refractivity contribution in [3.63, 3.8) is 0 Å². The smallest absolute Gasteiger partial charge is 0.326 e. The first-order valence-electron chi connectivity index (χ1n) is 4.64. The molecule has 1 saturated heterocycles. The van der Waals surface area contributed by atoms with E-state index in [-0.39, 0.29) is 0 Å². The van der Waals surface area contributed by atoms with E-state index in [1.807, 2.05) is 4.90 Å². The van der Waals surface area contributed by atoms with Crippen molar-refractivity contribution < 1.29 is 9.90 Å². The Morgan fingerprint density at radius 1 is 1.57 bits per heavy atom. The van der Waals surface area contributed by atoms with Crippen molar-refractivity contribution >= 4 is 17.3 Å². The van der Waals surface area contributed by atoms with E-state index in [9.17, 15) is 4.79 Å². The number of hydrogen-bond donors (Lipinski definition) is 1. The molecule has 1 aliphatic rings. The molecule has 1 unspecified atom stereocenters. The number of carboxylic acid groups (broad SMARTS) is 1. The third-order valence-electron chi connectivity index (χ3n) is 2.46. The van der Waals surface area contributed by atoms with Gasteiger partial charge in [0.15, 0.2) is 0 Å². The quantitative estimate of drug-likeness (QED) is 0.822. The minimum atomic E-state index is -0.767. The van der Waals surface area contributed by atoms with E-state index in [1.54, 1.807) is 11.7 Å². The summed E-state index contributed by atoms with van der Waals surface area (Å²) in [6.45, 7) is 1.77. The van der Waals surface area contributed by atoms with Gasteiger partial charge in [0.05, 0.1) is 10.4 Å². The third-order valence-corrected chi connectivity index (χ3v) is 3.29. The van der Waals surface area contributed by atoms with E-state index in [4.69, 9.17) is 5.11 Å². The second-order valence-corrected chi connectivity index (χ2v) is 4.31. The van der Waals surface area contributed by atoms with Gasteiger partial charge in [0, 0.05) is 6.20 Å². The molecule has 1 aromatic heterocycles. The summed E-state index contributed by atoms with van der Waals surface area (Å²) < 4.78 is 0. The maximum Gasteiger partial charge on any atom is 0.326 e. The molecule has 1 aliphatic heterocycles. The maximum absolute atomic E-state index is 11.1. The Morgan fingerprint density at radius 2 is 2.29 bits per heavy atom. The second kappa shape index (κ2) is 4.06. The molecule has 4 nitrogen and oxygen atoms in total. The number of thiazole rings is 1. The number of carboxylic acids is 1. The first kappa shape index (κ1) is 9.61. The Kier molecular flexibility index (Phi) is 2.79. The SMILES string of the molecule is O=C(O)C(c1cncs1)N1CCCC1. The lowest BCUT2D eigenvalue weighted by atomic mass is 10.2. The lowest BCUT2D eigenvalue weighted by Gasteiger charge is -2.21. The van der Waals surface area contributed by atoms with Crippen LogP contribution in [-0.2, 0) is 4.79 Å². The van der Waals surface area contributed by atoms with Gasteiger partial charge in [-0.05, 0) is 25.9 Å². The van der Waals surface area contributed by atoms with E-state index in [1.165, 1.54) is 11.3 Å². The fourth-order valence-corrected chi connectivity index (χ4v) is 2.56. The maximum atomic E-state index is 11.1. The van der Waals surface area contributed by atoms with Gasteiger partial charge >= 0.3 is 5.97 Å². The number of aliphatic carboxylic acids is 1. The fourth-order valence-electron chi connectivity index (χ4n) is 1.82. The molecule has 0 aromatic carbocycles. The van der Waals surface area contributed by atoms with E-state index >= 15 is 0 Å². The summed E-state index contributed by atoms with van der Waals surface area (Å²) in [6.07, 6.45) is 3.85. The minimum Gasteiger partial charge on any atom is -0.480 e. The molecule has 1 atom stereocenters. The van der Waals surface area contributed by atoms with Crippen LogP contribution in [0.4, 0.5) is 0 Å². The van der Waals surface area contributed by atoms with Crippen molar-refractivity contribution in [3.05, 3.63) is 16.6 Å². The molecule has 0 saturated carbocycles. The Morgan fingerprint density at radius 3 is 2.79 bits per heavy atom. The van der Waals surface area contributed by atoms with Crippen LogP contribution < -0.4 is 0 Å². The number of rotatable bonds is 3. The molecule has 1 N–H and O–H groups in total. The predicted octanol–water partition coefficient (Wildman–Crippen LogP) is 1.36. The fraction of sp³-hybridized carbons (Fsp3) is 0.556. The molecule has 1 aromatic rings. The molecule has 2 rings (SSSR count). The lowest BCUT2D eigenvalue weighted by molar-refractivity contribution is -0.143. The summed E-state index contributed by atoms with van der Waals surface area (Å²) in [5, 5.41) is 9.14. The molecule has 14 heavy (non-hydrogen) atoms. The Labute approximate surface area is 86.2 Å². The molecule has 2 heterocycles. The number of hydrogen-bond acceptors (Lipinski definition) is 4. The average Bonchev–Trinajstić information content (AvgIpc) is 2.75. The molecule has 76 valence electrons. The Balaban J connectivity index is 2.19. The molecule has 0 aliphatic carbocycles. The topological polar surface area (TPSA) is 53.4 Å². The van der Waals surface area contributed by atoms with Gasteiger partial charge in [-0.15, -0.1) is 11.3 Å². The highest BCUT2D eigenvalue weighted by Gasteiger charge is 2.30. The van der Waals surface area contributed by atoms with E-state index in [0.29, 0.717) is 0 Å². The van der Waals surface area contributed by atoms with Gasteiger partial charge in [0.1, 0.15) is 6.04 Å². The average molecular weight is 212 g/mol. The Hall–Kier alpha value is -0.940. The Bertz CT molecular complexity index is 307. The van der Waals surface area contributed by atoms with Crippen molar-refractivity contribution in [2.45, 2.75) is 18.9 Å². The van der Waals surface area contributed by atoms with Crippen molar-refractivity contribution in [2.24, 2.45) is 0 Å². The molecule has 0 amide bonds. The zero-order chi connectivity index (χ0) is 9.97. The van der Waals surface area contributed by atoms with E-state index in [0.717, 1.165) is 30.8 Å². The number of likely N-dealkylation sites (tertiary alicyclic amines) is 1. The van der Waals surface area contributed by atoms with Gasteiger partial charge in [-0.1, -0.05) is 0 Å². The van der Waals surface area contributed by atoms with Crippen molar-refractivity contribution in [1.82, 2.24) is 9.88 Å². The standard InChI is InChI=1S/C9H12N2O2S/c12-9(13)8(7-5-10-6-14-7)11-3-1-2-4-11/h5-6,8H,1-4H2,(H,12,13). The first-order valence-corrected chi connectivity index (χ1v) is 5.52. The normalized spacial score (nSPS) is 19.7. The van der Waals surface area contributed by atoms with Crippen molar-refractivity contribution in [1.29, 1.82) is 0 Å². The number of nitrogens with zero attached hydrogens (tertiary/aromatic N) is 2. The van der Waals surface area contributed by atoms with Gasteiger partial charge in [0.25, 0.3) is 0 Å². The van der Waals surface area contributed by atoms with Crippen LogP contribution in [0.2, 0.25) is 0 Å². The van der Waals surface area contributed by atoms with Crippen molar-refractivity contribution in [3.8, 4) is 0 Å². The minimum absolute atomic E-state index is 0.481. The van der Waals surface area contributed by atoms with E-state index in [2.05, 4.69) is 4.98 Å². The largest absolute Gasteiger partial charge is 0.480 e. The van der Waals surface area contributed by atoms with Gasteiger partial charge in [0.2, 0.25) is 0 Å². The summed E-state index contributed by atoms with van der Waals surface area (Å²) >= 11 is 1.41. The highest BCUT2D eigenvalue weighted by molar-refractivity contribution is 7.09. The van der Waals surface area contributed by atoms with Crippen LogP contribution in [-0.4, -0.2) is 34.0 Å². The molecule has 0 radical (unpaired) electrons. The number of aromatic nitrogens is 1. The van der Waals surface area contributed by atoms with E-state index < -0.39 is 12.0 Å². The van der Waals surface area contributed by atoms with Crippen LogP contribution in [0.25, 0.3) is 0 Å². The molecule has 1 fully saturated rings. The lowest BCUT2D eigenvalue weighted by Crippen LogP contribution is -2.31. The van der Waals surface area contributed by atoms with Gasteiger partial charge in [-0.25, -0.2) is 0 Å². The molecular formula is C9H12N2O2S. The van der Waals surface area contributed by atoms with Gasteiger partial charge in [-0.3, -0.25) is 14.7 Å². The highest BCUT2D eigenvalue weighted by atomic mass is 32.1. The zero-order valence-electron chi connectivity index (χ0n) is 7.72. The van der Waals surface area contributed by atoms with Gasteiger partial charge < -0.3 is 5.11 Å². The van der Waals surface area contributed by atoms with Crippen LogP contribution in [0.5, 0.6) is 0 Å². The molecule has 5 heteroatoms. The van der Waals surface area contributed by atoms with Gasteiger partial charge in [-0.2, -0.15) is 0 Å². The summed E-state index contributed by atoms with van der Waals surface area (Å²) in [5.41, 5.74) is 1.68. The second-order valence-electron chi connectivity index (χ2n) is 3.39. The summed E-state index contributed by atoms with van der Waals surface area (Å²) in [5.74, 6) is -0.767. The highest BCUT2D eigenvalue weighted by Crippen LogP contribution is 2.27. The van der Waals surface area contributed by atoms with Crippen LogP contribution in [0, 0.1) is 0 Å². The molecule has 0 spiro atoms. The van der Waals surface area contributed by atoms with Crippen LogP contribution >= 0.6 is 11.3 Å². The zero-order valence-corrected chi connectivity index (χ0v) is 8.54.